The maximum atomic E-state index is 10.1. The van der Waals surface area contributed by atoms with Crippen LogP contribution in [0.4, 0.5) is 0 Å². The van der Waals surface area contributed by atoms with E-state index < -0.39 is 5.60 Å². The summed E-state index contributed by atoms with van der Waals surface area (Å²) in [6, 6.07) is 0. The summed E-state index contributed by atoms with van der Waals surface area (Å²) in [7, 11) is 0. The molecule has 0 saturated heterocycles. The zero-order valence-electron chi connectivity index (χ0n) is 9.89. The molecule has 0 fully saturated rings. The van der Waals surface area contributed by atoms with Crippen LogP contribution in [0.15, 0.2) is 12.7 Å². The second-order valence-electron chi connectivity index (χ2n) is 4.23. The fraction of sp³-hybridized carbons (Fsp3) is 0.846. The Balaban J connectivity index is 3.56. The van der Waals surface area contributed by atoms with E-state index in [0.717, 1.165) is 25.7 Å². The Hall–Kier alpha value is -0.300. The van der Waals surface area contributed by atoms with Gasteiger partial charge in [0, 0.05) is 0 Å². The van der Waals surface area contributed by atoms with Crippen molar-refractivity contribution in [3.8, 4) is 0 Å². The Kier molecular flexibility index (Phi) is 7.87. The van der Waals surface area contributed by atoms with Gasteiger partial charge < -0.3 is 5.11 Å². The second kappa shape index (κ2) is 8.05. The van der Waals surface area contributed by atoms with Gasteiger partial charge in [0.25, 0.3) is 0 Å². The summed E-state index contributed by atoms with van der Waals surface area (Å²) in [5, 5.41) is 10.1. The maximum absolute atomic E-state index is 10.1. The van der Waals surface area contributed by atoms with Crippen molar-refractivity contribution >= 4 is 0 Å². The predicted octanol–water partition coefficient (Wildman–Crippen LogP) is 4.06. The van der Waals surface area contributed by atoms with Crippen molar-refractivity contribution in [1.82, 2.24) is 0 Å². The Morgan fingerprint density at radius 3 is 2.29 bits per heavy atom. The van der Waals surface area contributed by atoms with Crippen molar-refractivity contribution in [2.75, 3.05) is 0 Å². The predicted molar refractivity (Wildman–Crippen MR) is 63.4 cm³/mol. The molecule has 0 saturated carbocycles. The van der Waals surface area contributed by atoms with Gasteiger partial charge in [-0.05, 0) is 19.3 Å². The van der Waals surface area contributed by atoms with Gasteiger partial charge in [-0.25, -0.2) is 0 Å². The van der Waals surface area contributed by atoms with Crippen LogP contribution < -0.4 is 0 Å². The van der Waals surface area contributed by atoms with E-state index in [4.69, 9.17) is 0 Å². The minimum absolute atomic E-state index is 0.478. The molecule has 0 aliphatic heterocycles. The largest absolute Gasteiger partial charge is 0.390 e. The summed E-state index contributed by atoms with van der Waals surface area (Å²) in [6.07, 6.45) is 10.7. The first-order valence-corrected chi connectivity index (χ1v) is 6.01. The van der Waals surface area contributed by atoms with Crippen molar-refractivity contribution in [3.63, 3.8) is 0 Å². The molecular formula is C13H26O. The lowest BCUT2D eigenvalue weighted by Crippen LogP contribution is -2.26. The number of aliphatic hydroxyl groups is 1. The van der Waals surface area contributed by atoms with E-state index in [0.29, 0.717) is 0 Å². The molecule has 1 N–H and O–H groups in total. The molecule has 1 unspecified atom stereocenters. The highest BCUT2D eigenvalue weighted by Gasteiger charge is 2.21. The van der Waals surface area contributed by atoms with Crippen LogP contribution in [0, 0.1) is 0 Å². The summed E-state index contributed by atoms with van der Waals surface area (Å²) < 4.78 is 0. The van der Waals surface area contributed by atoms with Crippen LogP contribution in [0.3, 0.4) is 0 Å². The molecule has 0 bridgehead atoms. The van der Waals surface area contributed by atoms with Gasteiger partial charge in [-0.15, -0.1) is 6.58 Å². The van der Waals surface area contributed by atoms with Crippen LogP contribution >= 0.6 is 0 Å². The highest BCUT2D eigenvalue weighted by atomic mass is 16.3. The van der Waals surface area contributed by atoms with E-state index in [-0.39, 0.29) is 0 Å². The molecule has 0 spiro atoms. The lowest BCUT2D eigenvalue weighted by atomic mass is 9.90. The first-order chi connectivity index (χ1) is 6.68. The molecule has 0 aliphatic carbocycles. The van der Waals surface area contributed by atoms with Gasteiger partial charge in [-0.3, -0.25) is 0 Å². The van der Waals surface area contributed by atoms with Gasteiger partial charge in [0.05, 0.1) is 5.60 Å². The highest BCUT2D eigenvalue weighted by molar-refractivity contribution is 4.85. The van der Waals surface area contributed by atoms with E-state index in [1.165, 1.54) is 25.7 Å². The molecule has 0 aliphatic rings. The standard InChI is InChI=1S/C13H26O/c1-4-7-8-9-10-12-13(14,6-3)11-5-2/h5,14H,2,4,6-12H2,1,3H3. The minimum atomic E-state index is -0.478. The number of hydrogen-bond acceptors (Lipinski definition) is 1. The molecule has 0 aromatic rings. The third-order valence-electron chi connectivity index (χ3n) is 2.93. The fourth-order valence-electron chi connectivity index (χ4n) is 1.75. The van der Waals surface area contributed by atoms with E-state index in [1.807, 2.05) is 6.08 Å². The van der Waals surface area contributed by atoms with Crippen LogP contribution in [0.5, 0.6) is 0 Å². The third kappa shape index (κ3) is 6.20. The molecule has 1 heteroatoms. The van der Waals surface area contributed by atoms with Crippen molar-refractivity contribution in [1.29, 1.82) is 0 Å². The van der Waals surface area contributed by atoms with E-state index in [2.05, 4.69) is 20.4 Å². The summed E-state index contributed by atoms with van der Waals surface area (Å²) >= 11 is 0. The van der Waals surface area contributed by atoms with Crippen molar-refractivity contribution in [3.05, 3.63) is 12.7 Å². The van der Waals surface area contributed by atoms with Gasteiger partial charge in [-0.1, -0.05) is 52.0 Å². The van der Waals surface area contributed by atoms with Crippen molar-refractivity contribution in [2.45, 2.75) is 70.8 Å². The van der Waals surface area contributed by atoms with Gasteiger partial charge in [-0.2, -0.15) is 0 Å². The molecule has 84 valence electrons. The topological polar surface area (TPSA) is 20.2 Å². The highest BCUT2D eigenvalue weighted by Crippen LogP contribution is 2.23. The number of hydrogen-bond donors (Lipinski definition) is 1. The minimum Gasteiger partial charge on any atom is -0.390 e. The number of unbranched alkanes of at least 4 members (excludes halogenated alkanes) is 4. The molecule has 0 amide bonds. The number of rotatable bonds is 9. The summed E-state index contributed by atoms with van der Waals surface area (Å²) in [5.74, 6) is 0. The van der Waals surface area contributed by atoms with Crippen LogP contribution in [-0.2, 0) is 0 Å². The van der Waals surface area contributed by atoms with Gasteiger partial charge in [0.1, 0.15) is 0 Å². The fourth-order valence-corrected chi connectivity index (χ4v) is 1.75. The summed E-state index contributed by atoms with van der Waals surface area (Å²) in [5.41, 5.74) is -0.478. The Morgan fingerprint density at radius 2 is 1.79 bits per heavy atom. The van der Waals surface area contributed by atoms with Crippen LogP contribution in [-0.4, -0.2) is 10.7 Å². The normalized spacial score (nSPS) is 15.1. The summed E-state index contributed by atoms with van der Waals surface area (Å²) in [6.45, 7) is 7.96. The van der Waals surface area contributed by atoms with E-state index in [9.17, 15) is 5.11 Å². The van der Waals surface area contributed by atoms with Crippen molar-refractivity contribution < 1.29 is 5.11 Å². The van der Waals surface area contributed by atoms with Gasteiger partial charge >= 0.3 is 0 Å². The maximum Gasteiger partial charge on any atom is 0.0679 e. The third-order valence-corrected chi connectivity index (χ3v) is 2.93. The van der Waals surface area contributed by atoms with Gasteiger partial charge in [0.15, 0.2) is 0 Å². The zero-order chi connectivity index (χ0) is 10.9. The van der Waals surface area contributed by atoms with Gasteiger partial charge in [0.2, 0.25) is 0 Å². The average Bonchev–Trinajstić information content (AvgIpc) is 2.18. The Bertz CT molecular complexity index is 142. The monoisotopic (exact) mass is 198 g/mol. The molecular weight excluding hydrogens is 172 g/mol. The smallest absolute Gasteiger partial charge is 0.0679 e. The quantitative estimate of drug-likeness (QED) is 0.437. The lowest BCUT2D eigenvalue weighted by Gasteiger charge is -2.25. The van der Waals surface area contributed by atoms with Crippen LogP contribution in [0.1, 0.15) is 65.2 Å². The SMILES string of the molecule is C=CCC(O)(CC)CCCCCCC. The first kappa shape index (κ1) is 13.7. The summed E-state index contributed by atoms with van der Waals surface area (Å²) in [4.78, 5) is 0. The van der Waals surface area contributed by atoms with E-state index in [1.54, 1.807) is 0 Å². The van der Waals surface area contributed by atoms with Crippen LogP contribution in [0.2, 0.25) is 0 Å². The molecule has 14 heavy (non-hydrogen) atoms. The molecule has 1 atom stereocenters. The van der Waals surface area contributed by atoms with Crippen molar-refractivity contribution in [2.24, 2.45) is 0 Å². The first-order valence-electron chi connectivity index (χ1n) is 6.01. The average molecular weight is 198 g/mol. The van der Waals surface area contributed by atoms with E-state index >= 15 is 0 Å². The molecule has 0 radical (unpaired) electrons. The zero-order valence-corrected chi connectivity index (χ0v) is 9.89. The molecule has 0 aromatic carbocycles. The second-order valence-corrected chi connectivity index (χ2v) is 4.23. The van der Waals surface area contributed by atoms with Crippen LogP contribution in [0.25, 0.3) is 0 Å². The molecule has 0 rings (SSSR count). The Labute approximate surface area is 89.2 Å². The Morgan fingerprint density at radius 1 is 1.14 bits per heavy atom. The molecule has 0 heterocycles. The lowest BCUT2D eigenvalue weighted by molar-refractivity contribution is 0.0279. The molecule has 1 nitrogen and oxygen atoms in total. The molecule has 0 aromatic heterocycles.